The summed E-state index contributed by atoms with van der Waals surface area (Å²) in [6, 6.07) is -0.153. The third kappa shape index (κ3) is 4.28. The Hall–Kier alpha value is -0.610. The van der Waals surface area contributed by atoms with Gasteiger partial charge in [0.2, 0.25) is 5.91 Å². The van der Waals surface area contributed by atoms with Gasteiger partial charge in [-0.1, -0.05) is 0 Å². The molecule has 1 rings (SSSR count). The summed E-state index contributed by atoms with van der Waals surface area (Å²) in [6.45, 7) is 9.02. The average Bonchev–Trinajstić information content (AvgIpc) is 2.24. The van der Waals surface area contributed by atoms with Crippen molar-refractivity contribution >= 4 is 5.91 Å². The fourth-order valence-corrected chi connectivity index (χ4v) is 2.52. The van der Waals surface area contributed by atoms with Crippen LogP contribution in [0.2, 0.25) is 0 Å². The van der Waals surface area contributed by atoms with Crippen molar-refractivity contribution in [1.29, 1.82) is 0 Å². The van der Waals surface area contributed by atoms with Crippen LogP contribution in [0.15, 0.2) is 0 Å². The van der Waals surface area contributed by atoms with E-state index in [1.807, 2.05) is 4.90 Å². The molecule has 1 amide bonds. The maximum Gasteiger partial charge on any atom is 0.239 e. The number of carbonyl (C=O) groups is 1. The van der Waals surface area contributed by atoms with Crippen molar-refractivity contribution in [1.82, 2.24) is 9.80 Å². The molecule has 2 N–H and O–H groups in total. The summed E-state index contributed by atoms with van der Waals surface area (Å²) < 4.78 is 0. The summed E-state index contributed by atoms with van der Waals surface area (Å²) in [5, 5.41) is 0. The van der Waals surface area contributed by atoms with Crippen LogP contribution in [0, 0.1) is 5.92 Å². The Bertz CT molecular complexity index is 253. The maximum atomic E-state index is 12.0. The first-order valence-electron chi connectivity index (χ1n) is 6.66. The quantitative estimate of drug-likeness (QED) is 0.796. The van der Waals surface area contributed by atoms with Gasteiger partial charge < -0.3 is 15.5 Å². The van der Waals surface area contributed by atoms with E-state index in [0.29, 0.717) is 5.92 Å². The van der Waals surface area contributed by atoms with E-state index in [9.17, 15) is 4.79 Å². The number of hydrogen-bond acceptors (Lipinski definition) is 3. The van der Waals surface area contributed by atoms with E-state index in [-0.39, 0.29) is 11.9 Å². The molecule has 1 heterocycles. The van der Waals surface area contributed by atoms with E-state index >= 15 is 0 Å². The Morgan fingerprint density at radius 1 is 1.47 bits per heavy atom. The zero-order valence-corrected chi connectivity index (χ0v) is 11.6. The molecule has 1 aliphatic rings. The molecular formula is C13H27N3O. The van der Waals surface area contributed by atoms with Crippen molar-refractivity contribution in [2.75, 3.05) is 26.7 Å². The average molecular weight is 241 g/mol. The summed E-state index contributed by atoms with van der Waals surface area (Å²) >= 11 is 0. The second-order valence-corrected chi connectivity index (χ2v) is 5.64. The summed E-state index contributed by atoms with van der Waals surface area (Å²) in [5.41, 5.74) is 5.71. The van der Waals surface area contributed by atoms with E-state index in [0.717, 1.165) is 13.1 Å². The third-order valence-electron chi connectivity index (χ3n) is 3.47. The smallest absolute Gasteiger partial charge is 0.239 e. The second-order valence-electron chi connectivity index (χ2n) is 5.64. The van der Waals surface area contributed by atoms with Gasteiger partial charge in [0.05, 0.1) is 6.04 Å². The molecule has 0 aromatic carbocycles. The molecule has 1 saturated heterocycles. The molecule has 2 atom stereocenters. The Kier molecular flexibility index (Phi) is 5.40. The van der Waals surface area contributed by atoms with Crippen LogP contribution in [-0.4, -0.2) is 54.5 Å². The molecule has 17 heavy (non-hydrogen) atoms. The Morgan fingerprint density at radius 3 is 2.59 bits per heavy atom. The first-order chi connectivity index (χ1) is 7.91. The lowest BCUT2D eigenvalue weighted by Gasteiger charge is -2.36. The van der Waals surface area contributed by atoms with Crippen molar-refractivity contribution in [3.63, 3.8) is 0 Å². The van der Waals surface area contributed by atoms with Crippen LogP contribution >= 0.6 is 0 Å². The van der Waals surface area contributed by atoms with Crippen molar-refractivity contribution in [2.45, 2.75) is 45.7 Å². The van der Waals surface area contributed by atoms with Gasteiger partial charge >= 0.3 is 0 Å². The molecule has 1 fully saturated rings. The van der Waals surface area contributed by atoms with Gasteiger partial charge in [0.25, 0.3) is 0 Å². The number of carbonyl (C=O) groups excluding carboxylic acids is 1. The van der Waals surface area contributed by atoms with Crippen LogP contribution in [0.5, 0.6) is 0 Å². The highest BCUT2D eigenvalue weighted by atomic mass is 16.2. The zero-order valence-electron chi connectivity index (χ0n) is 11.6. The van der Waals surface area contributed by atoms with E-state index in [1.54, 1.807) is 6.92 Å². The van der Waals surface area contributed by atoms with Crippen molar-refractivity contribution in [3.05, 3.63) is 0 Å². The molecule has 0 aliphatic carbocycles. The number of nitrogens with two attached hydrogens (primary N) is 1. The third-order valence-corrected chi connectivity index (χ3v) is 3.47. The molecule has 0 spiro atoms. The number of nitrogens with zero attached hydrogens (tertiary/aromatic N) is 2. The number of likely N-dealkylation sites (tertiary alicyclic amines) is 1. The van der Waals surface area contributed by atoms with Crippen molar-refractivity contribution in [2.24, 2.45) is 11.7 Å². The Balaban J connectivity index is 2.57. The highest BCUT2D eigenvalue weighted by Gasteiger charge is 2.25. The second kappa shape index (κ2) is 6.36. The molecule has 0 unspecified atom stereocenters. The van der Waals surface area contributed by atoms with Crippen LogP contribution in [0.1, 0.15) is 33.6 Å². The first-order valence-corrected chi connectivity index (χ1v) is 6.66. The van der Waals surface area contributed by atoms with Crippen molar-refractivity contribution < 1.29 is 4.79 Å². The summed E-state index contributed by atoms with van der Waals surface area (Å²) in [5.74, 6) is 0.673. The highest BCUT2D eigenvalue weighted by molar-refractivity contribution is 5.81. The van der Waals surface area contributed by atoms with Gasteiger partial charge in [0, 0.05) is 19.1 Å². The van der Waals surface area contributed by atoms with Crippen LogP contribution in [0.3, 0.4) is 0 Å². The van der Waals surface area contributed by atoms with Gasteiger partial charge in [-0.2, -0.15) is 0 Å². The molecule has 0 radical (unpaired) electrons. The van der Waals surface area contributed by atoms with Gasteiger partial charge in [-0.3, -0.25) is 4.79 Å². The van der Waals surface area contributed by atoms with Gasteiger partial charge in [-0.05, 0) is 53.1 Å². The maximum absolute atomic E-state index is 12.0. The lowest BCUT2D eigenvalue weighted by Crippen LogP contribution is -2.49. The minimum Gasteiger partial charge on any atom is -0.339 e. The fourth-order valence-electron chi connectivity index (χ4n) is 2.52. The largest absolute Gasteiger partial charge is 0.339 e. The standard InChI is InChI=1S/C13H27N3O/c1-10(2)16(13(17)11(3)14)9-12-6-5-7-15(4)8-12/h10-12H,5-9,14H2,1-4H3/t11-,12-/m0/s1. The van der Waals surface area contributed by atoms with Crippen LogP contribution in [-0.2, 0) is 4.79 Å². The first kappa shape index (κ1) is 14.5. The Labute approximate surface area is 105 Å². The topological polar surface area (TPSA) is 49.6 Å². The number of hydrogen-bond donors (Lipinski definition) is 1. The lowest BCUT2D eigenvalue weighted by atomic mass is 9.97. The van der Waals surface area contributed by atoms with Crippen LogP contribution in [0.25, 0.3) is 0 Å². The number of piperidine rings is 1. The molecule has 100 valence electrons. The normalized spacial score (nSPS) is 23.8. The van der Waals surface area contributed by atoms with E-state index in [4.69, 9.17) is 5.73 Å². The van der Waals surface area contributed by atoms with E-state index in [2.05, 4.69) is 25.8 Å². The monoisotopic (exact) mass is 241 g/mol. The van der Waals surface area contributed by atoms with Gasteiger partial charge in [-0.15, -0.1) is 0 Å². The Morgan fingerprint density at radius 2 is 2.12 bits per heavy atom. The molecule has 0 aromatic rings. The summed E-state index contributed by atoms with van der Waals surface area (Å²) in [7, 11) is 2.15. The SMILES string of the molecule is CC(C)N(C[C@H]1CCCN(C)C1)C(=O)[C@H](C)N. The predicted molar refractivity (Wildman–Crippen MR) is 70.7 cm³/mol. The molecule has 4 nitrogen and oxygen atoms in total. The molecule has 1 aliphatic heterocycles. The van der Waals surface area contributed by atoms with Gasteiger partial charge in [0.1, 0.15) is 0 Å². The molecule has 0 saturated carbocycles. The number of rotatable bonds is 4. The van der Waals surface area contributed by atoms with Crippen molar-refractivity contribution in [3.8, 4) is 0 Å². The lowest BCUT2D eigenvalue weighted by molar-refractivity contribution is -0.134. The highest BCUT2D eigenvalue weighted by Crippen LogP contribution is 2.17. The number of amides is 1. The summed E-state index contributed by atoms with van der Waals surface area (Å²) in [6.07, 6.45) is 2.46. The molecule has 0 bridgehead atoms. The molecule has 0 aromatic heterocycles. The molecule has 4 heteroatoms. The van der Waals surface area contributed by atoms with E-state index in [1.165, 1.54) is 19.4 Å². The predicted octanol–water partition coefficient (Wildman–Crippen LogP) is 0.912. The fraction of sp³-hybridized carbons (Fsp3) is 0.923. The van der Waals surface area contributed by atoms with Gasteiger partial charge in [0.15, 0.2) is 0 Å². The van der Waals surface area contributed by atoms with E-state index < -0.39 is 6.04 Å². The minimum atomic E-state index is -0.390. The van der Waals surface area contributed by atoms with Crippen LogP contribution in [0.4, 0.5) is 0 Å². The molecular weight excluding hydrogens is 214 g/mol. The van der Waals surface area contributed by atoms with Crippen LogP contribution < -0.4 is 5.73 Å². The van der Waals surface area contributed by atoms with Gasteiger partial charge in [-0.25, -0.2) is 0 Å². The minimum absolute atomic E-state index is 0.0771. The summed E-state index contributed by atoms with van der Waals surface area (Å²) in [4.78, 5) is 16.3. The zero-order chi connectivity index (χ0) is 13.0.